The SMILES string of the molecule is COc1cc(C(=O)N(C2CC2)C(C)c2ccco2)cc(OC)c1OCC(N)=O. The highest BCUT2D eigenvalue weighted by molar-refractivity contribution is 5.96. The van der Waals surface area contributed by atoms with Crippen molar-refractivity contribution in [3.8, 4) is 17.2 Å². The molecule has 2 aromatic rings. The monoisotopic (exact) mass is 388 g/mol. The summed E-state index contributed by atoms with van der Waals surface area (Å²) in [6, 6.07) is 6.76. The Morgan fingerprint density at radius 3 is 2.36 bits per heavy atom. The van der Waals surface area contributed by atoms with E-state index in [0.29, 0.717) is 5.56 Å². The standard InChI is InChI=1S/C20H24N2O6/c1-12(15-5-4-8-27-15)22(14-6-7-14)20(24)13-9-16(25-2)19(17(10-13)26-3)28-11-18(21)23/h4-5,8-10,12,14H,6-7,11H2,1-3H3,(H2,21,23). The number of carbonyl (C=O) groups is 2. The molecule has 150 valence electrons. The van der Waals surface area contributed by atoms with Crippen molar-refractivity contribution in [1.29, 1.82) is 0 Å². The van der Waals surface area contributed by atoms with E-state index in [1.54, 1.807) is 24.5 Å². The van der Waals surface area contributed by atoms with Gasteiger partial charge in [-0.3, -0.25) is 9.59 Å². The van der Waals surface area contributed by atoms with Gasteiger partial charge in [-0.05, 0) is 44.0 Å². The second kappa shape index (κ2) is 8.24. The number of primary amides is 1. The maximum atomic E-state index is 13.3. The fourth-order valence-corrected chi connectivity index (χ4v) is 3.11. The highest BCUT2D eigenvalue weighted by Gasteiger charge is 2.38. The molecule has 1 aliphatic carbocycles. The van der Waals surface area contributed by atoms with Gasteiger partial charge >= 0.3 is 0 Å². The number of hydrogen-bond acceptors (Lipinski definition) is 6. The summed E-state index contributed by atoms with van der Waals surface area (Å²) >= 11 is 0. The van der Waals surface area contributed by atoms with Crippen LogP contribution in [0.3, 0.4) is 0 Å². The van der Waals surface area contributed by atoms with Crippen molar-refractivity contribution in [2.75, 3.05) is 20.8 Å². The van der Waals surface area contributed by atoms with Gasteiger partial charge in [-0.1, -0.05) is 0 Å². The van der Waals surface area contributed by atoms with Crippen LogP contribution in [-0.2, 0) is 4.79 Å². The summed E-state index contributed by atoms with van der Waals surface area (Å²) in [5, 5.41) is 0. The molecule has 1 saturated carbocycles. The molecular formula is C20H24N2O6. The van der Waals surface area contributed by atoms with Crippen molar-refractivity contribution in [3.63, 3.8) is 0 Å². The number of rotatable bonds is 9. The minimum Gasteiger partial charge on any atom is -0.493 e. The van der Waals surface area contributed by atoms with Crippen molar-refractivity contribution in [1.82, 2.24) is 4.90 Å². The van der Waals surface area contributed by atoms with E-state index in [-0.39, 0.29) is 41.8 Å². The van der Waals surface area contributed by atoms with E-state index in [1.807, 2.05) is 17.9 Å². The van der Waals surface area contributed by atoms with Gasteiger partial charge < -0.3 is 29.3 Å². The highest BCUT2D eigenvalue weighted by Crippen LogP contribution is 2.41. The first-order valence-corrected chi connectivity index (χ1v) is 8.99. The second-order valence-electron chi connectivity index (χ2n) is 6.60. The molecule has 0 aliphatic heterocycles. The minimum atomic E-state index is -0.628. The summed E-state index contributed by atoms with van der Waals surface area (Å²) in [6.07, 6.45) is 3.49. The first kappa shape index (κ1) is 19.6. The molecule has 1 aromatic heterocycles. The predicted octanol–water partition coefficient (Wildman–Crippen LogP) is 2.53. The first-order valence-electron chi connectivity index (χ1n) is 8.99. The number of hydrogen-bond donors (Lipinski definition) is 1. The largest absolute Gasteiger partial charge is 0.493 e. The van der Waals surface area contributed by atoms with Crippen LogP contribution in [0.15, 0.2) is 34.9 Å². The van der Waals surface area contributed by atoms with Crippen LogP contribution in [0.5, 0.6) is 17.2 Å². The molecule has 0 spiro atoms. The lowest BCUT2D eigenvalue weighted by atomic mass is 10.1. The molecule has 2 N–H and O–H groups in total. The van der Waals surface area contributed by atoms with Crippen molar-refractivity contribution < 1.29 is 28.2 Å². The zero-order valence-corrected chi connectivity index (χ0v) is 16.1. The van der Waals surface area contributed by atoms with Crippen LogP contribution in [0, 0.1) is 0 Å². The third-order valence-electron chi connectivity index (χ3n) is 4.61. The third kappa shape index (κ3) is 4.05. The van der Waals surface area contributed by atoms with Gasteiger partial charge in [-0.15, -0.1) is 0 Å². The number of furan rings is 1. The molecule has 8 heteroatoms. The van der Waals surface area contributed by atoms with Gasteiger partial charge in [0.2, 0.25) is 5.75 Å². The summed E-state index contributed by atoms with van der Waals surface area (Å²) in [5.74, 6) is 0.717. The van der Waals surface area contributed by atoms with Crippen molar-refractivity contribution in [2.45, 2.75) is 31.8 Å². The van der Waals surface area contributed by atoms with Crippen LogP contribution >= 0.6 is 0 Å². The molecule has 1 heterocycles. The molecule has 2 amide bonds. The average molecular weight is 388 g/mol. The van der Waals surface area contributed by atoms with Crippen LogP contribution in [0.25, 0.3) is 0 Å². The Bertz CT molecular complexity index is 819. The van der Waals surface area contributed by atoms with Crippen molar-refractivity contribution in [3.05, 3.63) is 41.9 Å². The van der Waals surface area contributed by atoms with Crippen LogP contribution in [0.2, 0.25) is 0 Å². The maximum Gasteiger partial charge on any atom is 0.255 e. The number of benzene rings is 1. The van der Waals surface area contributed by atoms with E-state index < -0.39 is 5.91 Å². The smallest absolute Gasteiger partial charge is 0.255 e. The lowest BCUT2D eigenvalue weighted by Crippen LogP contribution is -2.35. The Morgan fingerprint density at radius 1 is 1.25 bits per heavy atom. The molecule has 0 radical (unpaired) electrons. The van der Waals surface area contributed by atoms with Crippen molar-refractivity contribution >= 4 is 11.8 Å². The van der Waals surface area contributed by atoms with Crippen molar-refractivity contribution in [2.24, 2.45) is 5.73 Å². The summed E-state index contributed by atoms with van der Waals surface area (Å²) in [5.41, 5.74) is 5.54. The number of ether oxygens (including phenoxy) is 3. The quantitative estimate of drug-likeness (QED) is 0.708. The Morgan fingerprint density at radius 2 is 1.89 bits per heavy atom. The zero-order chi connectivity index (χ0) is 20.3. The minimum absolute atomic E-state index is 0.162. The fraction of sp³-hybridized carbons (Fsp3) is 0.400. The van der Waals surface area contributed by atoms with E-state index in [0.717, 1.165) is 18.6 Å². The molecule has 1 atom stereocenters. The number of nitrogens with two attached hydrogens (primary N) is 1. The molecule has 1 aliphatic rings. The Labute approximate surface area is 163 Å². The zero-order valence-electron chi connectivity index (χ0n) is 16.1. The molecule has 0 bridgehead atoms. The Kier molecular flexibility index (Phi) is 5.77. The molecule has 1 unspecified atom stereocenters. The first-order chi connectivity index (χ1) is 13.5. The van der Waals surface area contributed by atoms with E-state index in [2.05, 4.69) is 0 Å². The van der Waals surface area contributed by atoms with E-state index in [1.165, 1.54) is 14.2 Å². The number of carbonyl (C=O) groups excluding carboxylic acids is 2. The maximum absolute atomic E-state index is 13.3. The second-order valence-corrected chi connectivity index (χ2v) is 6.60. The van der Waals surface area contributed by atoms with Crippen LogP contribution in [0.4, 0.5) is 0 Å². The van der Waals surface area contributed by atoms with Crippen LogP contribution in [-0.4, -0.2) is 43.6 Å². The van der Waals surface area contributed by atoms with E-state index in [4.69, 9.17) is 24.4 Å². The molecule has 1 fully saturated rings. The summed E-state index contributed by atoms with van der Waals surface area (Å²) in [6.45, 7) is 1.61. The van der Waals surface area contributed by atoms with Gasteiger partial charge in [-0.2, -0.15) is 0 Å². The molecule has 1 aromatic carbocycles. The number of methoxy groups -OCH3 is 2. The number of nitrogens with zero attached hydrogens (tertiary/aromatic N) is 1. The molecule has 8 nitrogen and oxygen atoms in total. The molecule has 0 saturated heterocycles. The topological polar surface area (TPSA) is 104 Å². The van der Waals surface area contributed by atoms with Gasteiger partial charge in [0.05, 0.1) is 26.5 Å². The van der Waals surface area contributed by atoms with Gasteiger partial charge in [0.1, 0.15) is 5.76 Å². The average Bonchev–Trinajstić information content (AvgIpc) is 3.36. The molecule has 3 rings (SSSR count). The summed E-state index contributed by atoms with van der Waals surface area (Å²) in [7, 11) is 2.90. The fourth-order valence-electron chi connectivity index (χ4n) is 3.11. The normalized spacial score (nSPS) is 14.2. The van der Waals surface area contributed by atoms with Gasteiger partial charge in [0, 0.05) is 11.6 Å². The lowest BCUT2D eigenvalue weighted by molar-refractivity contribution is -0.120. The van der Waals surface area contributed by atoms with E-state index in [9.17, 15) is 9.59 Å². The Balaban J connectivity index is 1.94. The molecular weight excluding hydrogens is 364 g/mol. The van der Waals surface area contributed by atoms with Gasteiger partial charge in [0.25, 0.3) is 11.8 Å². The highest BCUT2D eigenvalue weighted by atomic mass is 16.5. The van der Waals surface area contributed by atoms with E-state index >= 15 is 0 Å². The predicted molar refractivity (Wildman–Crippen MR) is 101 cm³/mol. The van der Waals surface area contributed by atoms with Gasteiger partial charge in [-0.25, -0.2) is 0 Å². The Hall–Kier alpha value is -3.16. The molecule has 28 heavy (non-hydrogen) atoms. The summed E-state index contributed by atoms with van der Waals surface area (Å²) < 4.78 is 21.6. The lowest BCUT2D eigenvalue weighted by Gasteiger charge is -2.28. The van der Waals surface area contributed by atoms with Gasteiger partial charge in [0.15, 0.2) is 18.1 Å². The van der Waals surface area contributed by atoms with Crippen LogP contribution in [0.1, 0.15) is 41.9 Å². The van der Waals surface area contributed by atoms with Crippen LogP contribution < -0.4 is 19.9 Å². The number of amides is 2. The third-order valence-corrected chi connectivity index (χ3v) is 4.61. The summed E-state index contributed by atoms with van der Waals surface area (Å²) in [4.78, 5) is 26.2.